The van der Waals surface area contributed by atoms with Gasteiger partial charge in [-0.1, -0.05) is 6.92 Å². The van der Waals surface area contributed by atoms with Gasteiger partial charge in [-0.25, -0.2) is 8.42 Å². The van der Waals surface area contributed by atoms with Gasteiger partial charge in [0, 0.05) is 25.0 Å². The molecular formula is C12H24N2O3S. The van der Waals surface area contributed by atoms with Gasteiger partial charge in [-0.05, 0) is 19.5 Å². The summed E-state index contributed by atoms with van der Waals surface area (Å²) in [7, 11) is -2.80. The zero-order valence-electron chi connectivity index (χ0n) is 11.1. The van der Waals surface area contributed by atoms with Crippen molar-refractivity contribution < 1.29 is 13.2 Å². The molecule has 0 saturated carbocycles. The van der Waals surface area contributed by atoms with E-state index in [9.17, 15) is 8.42 Å². The molecule has 2 aliphatic heterocycles. The molecule has 6 heteroatoms. The minimum atomic E-state index is -2.80. The Morgan fingerprint density at radius 3 is 2.89 bits per heavy atom. The summed E-state index contributed by atoms with van der Waals surface area (Å²) in [6.45, 7) is 7.16. The van der Waals surface area contributed by atoms with Crippen LogP contribution in [0, 0.1) is 5.92 Å². The molecule has 2 aliphatic rings. The van der Waals surface area contributed by atoms with Gasteiger partial charge >= 0.3 is 0 Å². The summed E-state index contributed by atoms with van der Waals surface area (Å²) in [5, 5.41) is 3.45. The van der Waals surface area contributed by atoms with E-state index in [-0.39, 0.29) is 0 Å². The second-order valence-electron chi connectivity index (χ2n) is 5.27. The topological polar surface area (TPSA) is 58.6 Å². The Morgan fingerprint density at radius 1 is 1.28 bits per heavy atom. The molecule has 5 nitrogen and oxygen atoms in total. The van der Waals surface area contributed by atoms with E-state index in [1.165, 1.54) is 0 Å². The van der Waals surface area contributed by atoms with Crippen molar-refractivity contribution in [2.24, 2.45) is 5.92 Å². The van der Waals surface area contributed by atoms with Crippen LogP contribution in [0.1, 0.15) is 13.3 Å². The number of likely N-dealkylation sites (N-methyl/N-ethyl adjacent to an activating group) is 1. The third-order valence-corrected chi connectivity index (χ3v) is 5.52. The minimum absolute atomic E-state index is 0.312. The Balaban J connectivity index is 1.85. The van der Waals surface area contributed by atoms with Gasteiger partial charge in [0.05, 0.1) is 24.7 Å². The van der Waals surface area contributed by atoms with Crippen molar-refractivity contribution in [3.8, 4) is 0 Å². The molecule has 0 amide bonds. The molecule has 106 valence electrons. The van der Waals surface area contributed by atoms with Gasteiger partial charge in [0.1, 0.15) is 0 Å². The minimum Gasteiger partial charge on any atom is -0.379 e. The highest BCUT2D eigenvalue weighted by molar-refractivity contribution is 7.91. The van der Waals surface area contributed by atoms with Crippen LogP contribution >= 0.6 is 0 Å². The van der Waals surface area contributed by atoms with E-state index >= 15 is 0 Å². The fourth-order valence-corrected chi connectivity index (χ4v) is 4.08. The SMILES string of the molecule is CCNC1COCC1CN1CCCS(=O)(=O)CC1. The Labute approximate surface area is 110 Å². The zero-order chi connectivity index (χ0) is 13.0. The molecule has 2 fully saturated rings. The number of hydrogen-bond acceptors (Lipinski definition) is 5. The monoisotopic (exact) mass is 276 g/mol. The highest BCUT2D eigenvalue weighted by Gasteiger charge is 2.30. The standard InChI is InChI=1S/C12H24N2O3S/c1-2-13-12-10-17-9-11(12)8-14-4-3-6-18(15,16)7-5-14/h11-13H,2-10H2,1H3. The normalized spacial score (nSPS) is 33.4. The van der Waals surface area contributed by atoms with Crippen LogP contribution in [0.2, 0.25) is 0 Å². The average molecular weight is 276 g/mol. The first-order chi connectivity index (χ1) is 8.61. The zero-order valence-corrected chi connectivity index (χ0v) is 11.9. The van der Waals surface area contributed by atoms with Crippen LogP contribution in [0.3, 0.4) is 0 Å². The molecule has 2 rings (SSSR count). The fourth-order valence-electron chi connectivity index (χ4n) is 2.77. The summed E-state index contributed by atoms with van der Waals surface area (Å²) < 4.78 is 28.6. The predicted molar refractivity (Wildman–Crippen MR) is 71.5 cm³/mol. The van der Waals surface area contributed by atoms with Crippen molar-refractivity contribution in [1.29, 1.82) is 0 Å². The van der Waals surface area contributed by atoms with E-state index in [0.29, 0.717) is 30.0 Å². The molecule has 0 aromatic heterocycles. The van der Waals surface area contributed by atoms with Gasteiger partial charge in [-0.15, -0.1) is 0 Å². The summed E-state index contributed by atoms with van der Waals surface area (Å²) in [4.78, 5) is 2.29. The van der Waals surface area contributed by atoms with Crippen molar-refractivity contribution in [3.05, 3.63) is 0 Å². The quantitative estimate of drug-likeness (QED) is 0.766. The van der Waals surface area contributed by atoms with E-state index in [2.05, 4.69) is 17.1 Å². The van der Waals surface area contributed by atoms with Gasteiger partial charge in [-0.2, -0.15) is 0 Å². The summed E-state index contributed by atoms with van der Waals surface area (Å²) in [5.74, 6) is 1.15. The lowest BCUT2D eigenvalue weighted by Gasteiger charge is -2.26. The largest absolute Gasteiger partial charge is 0.379 e. The van der Waals surface area contributed by atoms with Crippen LogP contribution in [0.25, 0.3) is 0 Å². The Kier molecular flexibility index (Phi) is 5.00. The first kappa shape index (κ1) is 14.2. The molecule has 18 heavy (non-hydrogen) atoms. The second kappa shape index (κ2) is 6.32. The smallest absolute Gasteiger partial charge is 0.151 e. The van der Waals surface area contributed by atoms with E-state index in [1.807, 2.05) is 0 Å². The van der Waals surface area contributed by atoms with Crippen molar-refractivity contribution in [2.75, 3.05) is 50.9 Å². The molecule has 2 saturated heterocycles. The second-order valence-corrected chi connectivity index (χ2v) is 7.57. The molecule has 0 aromatic carbocycles. The van der Waals surface area contributed by atoms with E-state index in [1.54, 1.807) is 0 Å². The van der Waals surface area contributed by atoms with Crippen molar-refractivity contribution in [3.63, 3.8) is 0 Å². The number of nitrogens with zero attached hydrogens (tertiary/aromatic N) is 1. The number of ether oxygens (including phenoxy) is 1. The molecule has 2 atom stereocenters. The summed E-state index contributed by atoms with van der Waals surface area (Å²) >= 11 is 0. The Bertz CT molecular complexity index is 358. The summed E-state index contributed by atoms with van der Waals surface area (Å²) in [5.41, 5.74) is 0. The maximum atomic E-state index is 11.6. The Hall–Kier alpha value is -0.170. The van der Waals surface area contributed by atoms with E-state index in [4.69, 9.17) is 4.74 Å². The first-order valence-corrected chi connectivity index (χ1v) is 8.67. The molecule has 0 radical (unpaired) electrons. The molecule has 0 bridgehead atoms. The average Bonchev–Trinajstić information content (AvgIpc) is 2.66. The summed E-state index contributed by atoms with van der Waals surface area (Å²) in [6, 6.07) is 0.426. The highest BCUT2D eigenvalue weighted by atomic mass is 32.2. The van der Waals surface area contributed by atoms with Gasteiger partial charge in [0.15, 0.2) is 9.84 Å². The molecule has 2 unspecified atom stereocenters. The Morgan fingerprint density at radius 2 is 2.11 bits per heavy atom. The maximum absolute atomic E-state index is 11.6. The van der Waals surface area contributed by atoms with Crippen molar-refractivity contribution >= 4 is 9.84 Å². The summed E-state index contributed by atoms with van der Waals surface area (Å²) in [6.07, 6.45) is 0.766. The third-order valence-electron chi connectivity index (χ3n) is 3.81. The molecule has 2 heterocycles. The lowest BCUT2D eigenvalue weighted by molar-refractivity contribution is 0.169. The van der Waals surface area contributed by atoms with Gasteiger partial charge < -0.3 is 15.0 Å². The molecular weight excluding hydrogens is 252 g/mol. The van der Waals surface area contributed by atoms with Crippen LogP contribution in [-0.4, -0.2) is 70.3 Å². The van der Waals surface area contributed by atoms with Crippen molar-refractivity contribution in [1.82, 2.24) is 10.2 Å². The number of hydrogen-bond donors (Lipinski definition) is 1. The fraction of sp³-hybridized carbons (Fsp3) is 1.00. The number of nitrogens with one attached hydrogen (secondary N) is 1. The predicted octanol–water partition coefficient (Wildman–Crippen LogP) is -0.269. The van der Waals surface area contributed by atoms with Crippen LogP contribution in [0.5, 0.6) is 0 Å². The highest BCUT2D eigenvalue weighted by Crippen LogP contribution is 2.16. The van der Waals surface area contributed by atoms with Crippen LogP contribution < -0.4 is 5.32 Å². The van der Waals surface area contributed by atoms with E-state index < -0.39 is 9.84 Å². The van der Waals surface area contributed by atoms with Gasteiger partial charge in [0.2, 0.25) is 0 Å². The van der Waals surface area contributed by atoms with Crippen LogP contribution in [0.4, 0.5) is 0 Å². The number of rotatable bonds is 4. The molecule has 0 aromatic rings. The van der Waals surface area contributed by atoms with E-state index in [0.717, 1.165) is 39.3 Å². The number of sulfone groups is 1. The molecule has 0 spiro atoms. The maximum Gasteiger partial charge on any atom is 0.151 e. The van der Waals surface area contributed by atoms with Crippen LogP contribution in [0.15, 0.2) is 0 Å². The van der Waals surface area contributed by atoms with Crippen LogP contribution in [-0.2, 0) is 14.6 Å². The van der Waals surface area contributed by atoms with Gasteiger partial charge in [0.25, 0.3) is 0 Å². The lowest BCUT2D eigenvalue weighted by atomic mass is 10.0. The van der Waals surface area contributed by atoms with Crippen molar-refractivity contribution in [2.45, 2.75) is 19.4 Å². The first-order valence-electron chi connectivity index (χ1n) is 6.84. The lowest BCUT2D eigenvalue weighted by Crippen LogP contribution is -2.42. The molecule has 1 N–H and O–H groups in total. The third kappa shape index (κ3) is 3.91. The van der Waals surface area contributed by atoms with Gasteiger partial charge in [-0.3, -0.25) is 0 Å². The molecule has 0 aliphatic carbocycles.